The lowest BCUT2D eigenvalue weighted by atomic mass is 10.1. The van der Waals surface area contributed by atoms with E-state index in [9.17, 15) is 0 Å². The van der Waals surface area contributed by atoms with Crippen molar-refractivity contribution in [3.05, 3.63) is 34.5 Å². The van der Waals surface area contributed by atoms with Crippen molar-refractivity contribution in [2.75, 3.05) is 44.2 Å². The van der Waals surface area contributed by atoms with E-state index in [0.29, 0.717) is 0 Å². The van der Waals surface area contributed by atoms with Crippen LogP contribution in [0.15, 0.2) is 27.0 Å². The Morgan fingerprint density at radius 2 is 2.12 bits per heavy atom. The fraction of sp³-hybridized carbons (Fsp3) is 0.556. The molecule has 7 heteroatoms. The van der Waals surface area contributed by atoms with Gasteiger partial charge in [-0.3, -0.25) is 4.99 Å². The van der Waals surface area contributed by atoms with Crippen LogP contribution in [0, 0.1) is 13.8 Å². The summed E-state index contributed by atoms with van der Waals surface area (Å²) < 4.78 is 5.23. The number of hydrogen-bond donors (Lipinski definition) is 1. The van der Waals surface area contributed by atoms with Crippen molar-refractivity contribution < 1.29 is 4.52 Å². The maximum atomic E-state index is 5.23. The van der Waals surface area contributed by atoms with Crippen LogP contribution in [-0.2, 0) is 6.42 Å². The van der Waals surface area contributed by atoms with Gasteiger partial charge in [-0.15, -0.1) is 11.3 Å². The summed E-state index contributed by atoms with van der Waals surface area (Å²) in [5, 5.41) is 11.0. The number of piperazine rings is 1. The van der Waals surface area contributed by atoms with Gasteiger partial charge < -0.3 is 19.6 Å². The molecule has 0 unspecified atom stereocenters. The number of nitrogens with zero attached hydrogens (tertiary/aromatic N) is 4. The van der Waals surface area contributed by atoms with Gasteiger partial charge in [0.25, 0.3) is 0 Å². The average molecular weight is 362 g/mol. The third-order valence-corrected chi connectivity index (χ3v) is 5.47. The predicted octanol–water partition coefficient (Wildman–Crippen LogP) is 2.68. The Labute approximate surface area is 153 Å². The van der Waals surface area contributed by atoms with E-state index in [1.807, 2.05) is 25.2 Å². The average Bonchev–Trinajstić information content (AvgIpc) is 3.26. The fourth-order valence-electron chi connectivity index (χ4n) is 3.15. The Bertz CT molecular complexity index is 667. The molecule has 1 N–H and O–H groups in total. The largest absolute Gasteiger partial charge is 0.361 e. The first-order valence-corrected chi connectivity index (χ1v) is 9.80. The molecule has 2 aromatic heterocycles. The maximum absolute atomic E-state index is 5.23. The quantitative estimate of drug-likeness (QED) is 0.655. The van der Waals surface area contributed by atoms with Crippen LogP contribution >= 0.6 is 11.3 Å². The third-order valence-electron chi connectivity index (χ3n) is 4.54. The van der Waals surface area contributed by atoms with Crippen molar-refractivity contribution in [3.8, 4) is 0 Å². The van der Waals surface area contributed by atoms with Crippen molar-refractivity contribution in [1.29, 1.82) is 0 Å². The van der Waals surface area contributed by atoms with E-state index in [4.69, 9.17) is 9.52 Å². The number of aromatic nitrogens is 1. The predicted molar refractivity (Wildman–Crippen MR) is 104 cm³/mol. The van der Waals surface area contributed by atoms with Crippen LogP contribution in [0.4, 0.5) is 5.00 Å². The smallest absolute Gasteiger partial charge is 0.194 e. The number of aryl methyl sites for hydroxylation is 2. The highest BCUT2D eigenvalue weighted by molar-refractivity contribution is 7.14. The molecular formula is C18H27N5OS. The summed E-state index contributed by atoms with van der Waals surface area (Å²) in [6.45, 7) is 11.8. The molecule has 0 saturated carbocycles. The van der Waals surface area contributed by atoms with Crippen molar-refractivity contribution in [2.24, 2.45) is 4.99 Å². The summed E-state index contributed by atoms with van der Waals surface area (Å²) in [6, 6.07) is 4.32. The second kappa shape index (κ2) is 8.38. The Balaban J connectivity index is 1.57. The second-order valence-corrected chi connectivity index (χ2v) is 7.14. The molecule has 1 aliphatic heterocycles. The molecule has 1 saturated heterocycles. The number of rotatable bonds is 5. The SMILES string of the molecule is CCNC(=NCCc1c(C)noc1C)N1CCN(c2cccs2)CC1. The van der Waals surface area contributed by atoms with E-state index < -0.39 is 0 Å². The molecular weight excluding hydrogens is 334 g/mol. The number of aliphatic imine (C=N–C) groups is 1. The zero-order chi connectivity index (χ0) is 17.6. The summed E-state index contributed by atoms with van der Waals surface area (Å²) in [5.41, 5.74) is 2.16. The minimum atomic E-state index is 0.746. The summed E-state index contributed by atoms with van der Waals surface area (Å²) in [5.74, 6) is 1.92. The number of anilines is 1. The summed E-state index contributed by atoms with van der Waals surface area (Å²) >= 11 is 1.81. The zero-order valence-electron chi connectivity index (χ0n) is 15.3. The fourth-order valence-corrected chi connectivity index (χ4v) is 3.93. The van der Waals surface area contributed by atoms with Crippen LogP contribution in [0.3, 0.4) is 0 Å². The van der Waals surface area contributed by atoms with Gasteiger partial charge in [0.2, 0.25) is 0 Å². The Hall–Kier alpha value is -2.02. The lowest BCUT2D eigenvalue weighted by molar-refractivity contribution is 0.373. The van der Waals surface area contributed by atoms with Gasteiger partial charge in [-0.2, -0.15) is 0 Å². The van der Waals surface area contributed by atoms with Crippen LogP contribution in [0.2, 0.25) is 0 Å². The van der Waals surface area contributed by atoms with Gasteiger partial charge in [0.1, 0.15) is 5.76 Å². The standard InChI is InChI=1S/C18H27N5OS/c1-4-19-18(20-8-7-16-14(2)21-24-15(16)3)23-11-9-22(10-12-23)17-6-5-13-25-17/h5-6,13H,4,7-12H2,1-3H3,(H,19,20). The highest BCUT2D eigenvalue weighted by Crippen LogP contribution is 2.22. The summed E-state index contributed by atoms with van der Waals surface area (Å²) in [6.07, 6.45) is 0.866. The van der Waals surface area contributed by atoms with E-state index in [0.717, 1.165) is 63.1 Å². The molecule has 0 aromatic carbocycles. The maximum Gasteiger partial charge on any atom is 0.194 e. The lowest BCUT2D eigenvalue weighted by Crippen LogP contribution is -2.52. The molecule has 3 rings (SSSR count). The molecule has 0 aliphatic carbocycles. The van der Waals surface area contributed by atoms with E-state index in [2.05, 4.69) is 44.7 Å². The number of nitrogens with one attached hydrogen (secondary N) is 1. The van der Waals surface area contributed by atoms with Crippen molar-refractivity contribution >= 4 is 22.3 Å². The molecule has 0 amide bonds. The number of guanidine groups is 1. The van der Waals surface area contributed by atoms with Gasteiger partial charge in [-0.25, -0.2) is 0 Å². The van der Waals surface area contributed by atoms with E-state index >= 15 is 0 Å². The molecule has 3 heterocycles. The normalized spacial score (nSPS) is 15.7. The van der Waals surface area contributed by atoms with Gasteiger partial charge >= 0.3 is 0 Å². The summed E-state index contributed by atoms with van der Waals surface area (Å²) in [4.78, 5) is 9.64. The van der Waals surface area contributed by atoms with Crippen LogP contribution < -0.4 is 10.2 Å². The zero-order valence-corrected chi connectivity index (χ0v) is 16.1. The highest BCUT2D eigenvalue weighted by Gasteiger charge is 2.20. The first kappa shape index (κ1) is 17.8. The van der Waals surface area contributed by atoms with Gasteiger partial charge in [0.15, 0.2) is 5.96 Å². The van der Waals surface area contributed by atoms with E-state index in [-0.39, 0.29) is 0 Å². The van der Waals surface area contributed by atoms with Gasteiger partial charge in [0.05, 0.1) is 10.7 Å². The van der Waals surface area contributed by atoms with Crippen molar-refractivity contribution in [3.63, 3.8) is 0 Å². The van der Waals surface area contributed by atoms with Crippen LogP contribution in [-0.4, -0.2) is 55.3 Å². The number of hydrogen-bond acceptors (Lipinski definition) is 5. The first-order valence-electron chi connectivity index (χ1n) is 8.92. The molecule has 0 radical (unpaired) electrons. The minimum Gasteiger partial charge on any atom is -0.361 e. The van der Waals surface area contributed by atoms with Gasteiger partial charge in [-0.1, -0.05) is 5.16 Å². The molecule has 25 heavy (non-hydrogen) atoms. The molecule has 1 aliphatic rings. The third kappa shape index (κ3) is 4.34. The van der Waals surface area contributed by atoms with Crippen LogP contribution in [0.1, 0.15) is 23.9 Å². The molecule has 0 spiro atoms. The minimum absolute atomic E-state index is 0.746. The molecule has 0 atom stereocenters. The Morgan fingerprint density at radius 1 is 1.32 bits per heavy atom. The molecule has 136 valence electrons. The summed E-state index contributed by atoms with van der Waals surface area (Å²) in [7, 11) is 0. The van der Waals surface area contributed by atoms with Crippen LogP contribution in [0.5, 0.6) is 0 Å². The van der Waals surface area contributed by atoms with Crippen LogP contribution in [0.25, 0.3) is 0 Å². The molecule has 2 aromatic rings. The van der Waals surface area contributed by atoms with E-state index in [1.165, 1.54) is 10.6 Å². The Morgan fingerprint density at radius 3 is 2.72 bits per heavy atom. The second-order valence-electron chi connectivity index (χ2n) is 6.21. The lowest BCUT2D eigenvalue weighted by Gasteiger charge is -2.37. The topological polar surface area (TPSA) is 56.9 Å². The molecule has 1 fully saturated rings. The molecule has 6 nitrogen and oxygen atoms in total. The highest BCUT2D eigenvalue weighted by atomic mass is 32.1. The van der Waals surface area contributed by atoms with E-state index in [1.54, 1.807) is 0 Å². The van der Waals surface area contributed by atoms with Gasteiger partial charge in [-0.05, 0) is 44.7 Å². The molecule has 0 bridgehead atoms. The van der Waals surface area contributed by atoms with Crippen molar-refractivity contribution in [1.82, 2.24) is 15.4 Å². The first-order chi connectivity index (χ1) is 12.2. The van der Waals surface area contributed by atoms with Gasteiger partial charge in [0, 0.05) is 44.8 Å². The van der Waals surface area contributed by atoms with Crippen molar-refractivity contribution in [2.45, 2.75) is 27.2 Å². The Kier molecular flexibility index (Phi) is 5.96. The number of thiophene rings is 1. The monoisotopic (exact) mass is 361 g/mol.